The predicted molar refractivity (Wildman–Crippen MR) is 56.3 cm³/mol. The normalized spacial score (nSPS) is 11.3. The molecule has 4 heteroatoms. The van der Waals surface area contributed by atoms with Gasteiger partial charge >= 0.3 is 5.97 Å². The molecule has 15 heavy (non-hydrogen) atoms. The van der Waals surface area contributed by atoms with Crippen LogP contribution in [0.3, 0.4) is 0 Å². The summed E-state index contributed by atoms with van der Waals surface area (Å²) in [5.74, 6) is -2.84. The highest BCUT2D eigenvalue weighted by Crippen LogP contribution is 2.07. The lowest BCUT2D eigenvalue weighted by Crippen LogP contribution is -1.97. The molecule has 0 unspecified atom stereocenters. The highest BCUT2D eigenvalue weighted by molar-refractivity contribution is 5.85. The van der Waals surface area contributed by atoms with Crippen molar-refractivity contribution in [1.29, 1.82) is 0 Å². The maximum absolute atomic E-state index is 12.5. The van der Waals surface area contributed by atoms with E-state index in [1.807, 2.05) is 13.8 Å². The second kappa shape index (κ2) is 10.6. The standard InChI is InChI=1S/C9H10F2O2.C2H6/c1-3-4-7(2)5-6-8(10)9(12)13-11;1-2/h3-4,6H,1,5H2,2H3;1-2H3/b7-4+,8-6-;. The van der Waals surface area contributed by atoms with Gasteiger partial charge in [-0.05, 0) is 19.4 Å². The number of carbonyl (C=O) groups excluding carboxylic acids is 1. The summed E-state index contributed by atoms with van der Waals surface area (Å²) in [4.78, 5) is 12.9. The van der Waals surface area contributed by atoms with E-state index in [4.69, 9.17) is 0 Å². The van der Waals surface area contributed by atoms with Gasteiger partial charge in [-0.15, -0.1) is 0 Å². The number of hydrogen-bond acceptors (Lipinski definition) is 2. The average molecular weight is 218 g/mol. The van der Waals surface area contributed by atoms with Gasteiger partial charge in [0.1, 0.15) is 0 Å². The zero-order chi connectivity index (χ0) is 12.3. The lowest BCUT2D eigenvalue weighted by atomic mass is 10.2. The molecule has 0 N–H and O–H groups in total. The zero-order valence-electron chi connectivity index (χ0n) is 9.22. The third-order valence-electron chi connectivity index (χ3n) is 1.27. The summed E-state index contributed by atoms with van der Waals surface area (Å²) in [6, 6.07) is 0. The SMILES string of the molecule is C=C/C=C(\C)C/C=C(\F)C(=O)OF.CC. The van der Waals surface area contributed by atoms with Gasteiger partial charge in [-0.25, -0.2) is 9.74 Å². The summed E-state index contributed by atoms with van der Waals surface area (Å²) >= 11 is 0. The highest BCUT2D eigenvalue weighted by Gasteiger charge is 2.09. The third-order valence-corrected chi connectivity index (χ3v) is 1.27. The van der Waals surface area contributed by atoms with Crippen molar-refractivity contribution in [1.82, 2.24) is 0 Å². The first-order chi connectivity index (χ1) is 7.11. The average Bonchev–Trinajstić information content (AvgIpc) is 2.28. The van der Waals surface area contributed by atoms with Gasteiger partial charge in [0.2, 0.25) is 5.83 Å². The molecule has 0 aromatic carbocycles. The second-order valence-electron chi connectivity index (χ2n) is 2.37. The highest BCUT2D eigenvalue weighted by atomic mass is 19.3. The van der Waals surface area contributed by atoms with Crippen LogP contribution in [-0.2, 0) is 9.74 Å². The van der Waals surface area contributed by atoms with Crippen LogP contribution in [0.4, 0.5) is 8.92 Å². The van der Waals surface area contributed by atoms with E-state index < -0.39 is 11.8 Å². The molecule has 0 saturated heterocycles. The first-order valence-corrected chi connectivity index (χ1v) is 4.58. The Morgan fingerprint density at radius 3 is 2.40 bits per heavy atom. The van der Waals surface area contributed by atoms with Gasteiger partial charge in [-0.1, -0.05) is 38.2 Å². The molecule has 0 saturated carbocycles. The lowest BCUT2D eigenvalue weighted by molar-refractivity contribution is -0.180. The molecule has 0 fully saturated rings. The van der Waals surface area contributed by atoms with E-state index in [9.17, 15) is 13.7 Å². The number of rotatable bonds is 4. The lowest BCUT2D eigenvalue weighted by Gasteiger charge is -1.93. The number of halogens is 2. The van der Waals surface area contributed by atoms with Gasteiger partial charge in [0, 0.05) is 4.53 Å². The molecule has 0 rings (SSSR count). The van der Waals surface area contributed by atoms with Gasteiger partial charge in [0.15, 0.2) is 0 Å². The first kappa shape index (κ1) is 16.0. The summed E-state index contributed by atoms with van der Waals surface area (Å²) in [6.07, 6.45) is 4.35. The molecule has 0 amide bonds. The van der Waals surface area contributed by atoms with E-state index in [1.165, 1.54) is 6.08 Å². The van der Waals surface area contributed by atoms with Crippen LogP contribution >= 0.6 is 0 Å². The number of hydrogen-bond donors (Lipinski definition) is 0. The molecule has 0 atom stereocenters. The van der Waals surface area contributed by atoms with Crippen molar-refractivity contribution in [3.05, 3.63) is 36.2 Å². The Morgan fingerprint density at radius 2 is 2.00 bits per heavy atom. The molecular formula is C11H16F2O2. The van der Waals surface area contributed by atoms with Crippen LogP contribution in [0.5, 0.6) is 0 Å². The molecule has 0 aliphatic carbocycles. The Balaban J connectivity index is 0. The minimum atomic E-state index is -1.61. The molecule has 0 radical (unpaired) electrons. The van der Waals surface area contributed by atoms with E-state index in [-0.39, 0.29) is 6.42 Å². The van der Waals surface area contributed by atoms with Crippen LogP contribution in [0.15, 0.2) is 36.2 Å². The molecule has 0 aromatic rings. The summed E-state index contributed by atoms with van der Waals surface area (Å²) in [5.41, 5.74) is 0.803. The van der Waals surface area contributed by atoms with Gasteiger partial charge < -0.3 is 0 Å². The molecule has 0 bridgehead atoms. The smallest absolute Gasteiger partial charge is 0.247 e. The minimum Gasteiger partial charge on any atom is -0.247 e. The molecule has 2 nitrogen and oxygen atoms in total. The van der Waals surface area contributed by atoms with E-state index >= 15 is 0 Å². The summed E-state index contributed by atoms with van der Waals surface area (Å²) in [7, 11) is 0. The van der Waals surface area contributed by atoms with Crippen LogP contribution < -0.4 is 0 Å². The van der Waals surface area contributed by atoms with Gasteiger partial charge in [0.25, 0.3) is 0 Å². The Kier molecular flexibility index (Phi) is 11.3. The van der Waals surface area contributed by atoms with Crippen molar-refractivity contribution in [3.63, 3.8) is 0 Å². The quantitative estimate of drug-likeness (QED) is 0.529. The molecule has 86 valence electrons. The van der Waals surface area contributed by atoms with Crippen molar-refractivity contribution >= 4 is 5.97 Å². The van der Waals surface area contributed by atoms with Crippen LogP contribution in [0.2, 0.25) is 0 Å². The van der Waals surface area contributed by atoms with Crippen molar-refractivity contribution in [2.75, 3.05) is 0 Å². The predicted octanol–water partition coefficient (Wildman–Crippen LogP) is 3.82. The van der Waals surface area contributed by atoms with Crippen LogP contribution in [0.25, 0.3) is 0 Å². The monoisotopic (exact) mass is 218 g/mol. The Labute approximate surface area is 88.8 Å². The van der Waals surface area contributed by atoms with Gasteiger partial charge in [0.05, 0.1) is 0 Å². The molecule has 0 aromatic heterocycles. The molecule has 0 spiro atoms. The van der Waals surface area contributed by atoms with Crippen LogP contribution in [-0.4, -0.2) is 5.97 Å². The van der Waals surface area contributed by atoms with Gasteiger partial charge in [-0.3, -0.25) is 0 Å². The topological polar surface area (TPSA) is 26.3 Å². The van der Waals surface area contributed by atoms with Crippen molar-refractivity contribution in [2.24, 2.45) is 0 Å². The summed E-state index contributed by atoms with van der Waals surface area (Å²) in [5, 5.41) is 0. The molecule has 0 aliphatic rings. The summed E-state index contributed by atoms with van der Waals surface area (Å²) in [6.45, 7) is 9.16. The maximum Gasteiger partial charge on any atom is 0.407 e. The van der Waals surface area contributed by atoms with Gasteiger partial charge in [-0.2, -0.15) is 4.39 Å². The Morgan fingerprint density at radius 1 is 1.47 bits per heavy atom. The first-order valence-electron chi connectivity index (χ1n) is 4.58. The number of carbonyl (C=O) groups is 1. The van der Waals surface area contributed by atoms with E-state index in [0.717, 1.165) is 11.6 Å². The fourth-order valence-corrected chi connectivity index (χ4v) is 0.640. The molecule has 0 heterocycles. The molecule has 0 aliphatic heterocycles. The largest absolute Gasteiger partial charge is 0.407 e. The minimum absolute atomic E-state index is 0.215. The van der Waals surface area contributed by atoms with Crippen LogP contribution in [0, 0.1) is 0 Å². The van der Waals surface area contributed by atoms with Crippen LogP contribution in [0.1, 0.15) is 27.2 Å². The second-order valence-corrected chi connectivity index (χ2v) is 2.37. The summed E-state index contributed by atoms with van der Waals surface area (Å²) < 4.78 is 23.6. The van der Waals surface area contributed by atoms with Crippen molar-refractivity contribution in [3.8, 4) is 0 Å². The fraction of sp³-hybridized carbons (Fsp3) is 0.364. The Bertz CT molecular complexity index is 255. The fourth-order valence-electron chi connectivity index (χ4n) is 0.640. The number of allylic oxidation sites excluding steroid dienone is 4. The van der Waals surface area contributed by atoms with E-state index in [0.29, 0.717) is 0 Å². The van der Waals surface area contributed by atoms with Crippen molar-refractivity contribution < 1.29 is 18.7 Å². The zero-order valence-corrected chi connectivity index (χ0v) is 9.22. The third kappa shape index (κ3) is 8.87. The van der Waals surface area contributed by atoms with E-state index in [2.05, 4.69) is 11.5 Å². The van der Waals surface area contributed by atoms with E-state index in [1.54, 1.807) is 13.0 Å². The molecular weight excluding hydrogens is 202 g/mol. The van der Waals surface area contributed by atoms with Crippen molar-refractivity contribution in [2.45, 2.75) is 27.2 Å². The maximum atomic E-state index is 12.5. The Hall–Kier alpha value is -1.45.